The Labute approximate surface area is 142 Å². The first-order valence-electron chi connectivity index (χ1n) is 7.12. The molecule has 2 aromatic rings. The molecule has 1 atom stereocenters. The van der Waals surface area contributed by atoms with E-state index in [1.165, 1.54) is 6.07 Å². The van der Waals surface area contributed by atoms with Gasteiger partial charge in [-0.25, -0.2) is 8.78 Å². The van der Waals surface area contributed by atoms with E-state index in [0.29, 0.717) is 11.1 Å². The third kappa shape index (κ3) is 5.03. The number of nitrogens with two attached hydrogens (primary N) is 1. The molecule has 0 fully saturated rings. The molecule has 0 saturated heterocycles. The second-order valence-corrected chi connectivity index (χ2v) is 5.71. The number of amides is 2. The molecule has 0 unspecified atom stereocenters. The lowest BCUT2D eigenvalue weighted by Gasteiger charge is -2.16. The minimum absolute atomic E-state index is 0.0277. The fraction of sp³-hybridized carbons (Fsp3) is 0.176. The molecule has 7 heteroatoms. The van der Waals surface area contributed by atoms with Gasteiger partial charge in [0.15, 0.2) is 0 Å². The molecule has 2 aromatic carbocycles. The van der Waals surface area contributed by atoms with Crippen LogP contribution in [0, 0.1) is 11.6 Å². The van der Waals surface area contributed by atoms with Gasteiger partial charge in [-0.15, -0.1) is 0 Å². The van der Waals surface area contributed by atoms with Crippen LogP contribution in [-0.2, 0) is 22.4 Å². The highest BCUT2D eigenvalue weighted by Gasteiger charge is 2.19. The number of hydrogen-bond acceptors (Lipinski definition) is 2. The van der Waals surface area contributed by atoms with Crippen LogP contribution in [0.3, 0.4) is 0 Å². The molecule has 0 aromatic heterocycles. The van der Waals surface area contributed by atoms with Crippen molar-refractivity contribution in [1.29, 1.82) is 0 Å². The van der Waals surface area contributed by atoms with Gasteiger partial charge < -0.3 is 11.1 Å². The molecule has 3 N–H and O–H groups in total. The van der Waals surface area contributed by atoms with Gasteiger partial charge in [0.2, 0.25) is 11.8 Å². The molecular formula is C17H15ClF2N2O2. The zero-order valence-corrected chi connectivity index (χ0v) is 13.3. The van der Waals surface area contributed by atoms with Gasteiger partial charge in [0.25, 0.3) is 0 Å². The van der Waals surface area contributed by atoms with E-state index in [2.05, 4.69) is 5.32 Å². The average Bonchev–Trinajstić information content (AvgIpc) is 2.49. The van der Waals surface area contributed by atoms with Crippen LogP contribution in [0.4, 0.5) is 8.78 Å². The highest BCUT2D eigenvalue weighted by atomic mass is 35.5. The van der Waals surface area contributed by atoms with Crippen LogP contribution < -0.4 is 11.1 Å². The number of primary amides is 1. The Morgan fingerprint density at radius 2 is 1.92 bits per heavy atom. The topological polar surface area (TPSA) is 72.2 Å². The standard InChI is InChI=1S/C17H15ClF2N2O2/c18-12-3-1-2-10(6-12)7-15(17(21)24)22-16(23)8-11-4-5-13(19)9-14(11)20/h1-6,9,15H,7-8H2,(H2,21,24)(H,22,23)/t15-/m1/s1. The van der Waals surface area contributed by atoms with Gasteiger partial charge in [0.1, 0.15) is 17.7 Å². The van der Waals surface area contributed by atoms with Gasteiger partial charge in [-0.2, -0.15) is 0 Å². The second-order valence-electron chi connectivity index (χ2n) is 5.27. The van der Waals surface area contributed by atoms with Crippen LogP contribution in [0.1, 0.15) is 11.1 Å². The van der Waals surface area contributed by atoms with Gasteiger partial charge in [-0.1, -0.05) is 29.8 Å². The molecule has 0 spiro atoms. The van der Waals surface area contributed by atoms with Crippen LogP contribution in [0.2, 0.25) is 5.02 Å². The number of rotatable bonds is 6. The van der Waals surface area contributed by atoms with Gasteiger partial charge in [-0.3, -0.25) is 9.59 Å². The molecule has 2 rings (SSSR count). The number of halogens is 3. The zero-order chi connectivity index (χ0) is 17.7. The van der Waals surface area contributed by atoms with Crippen molar-refractivity contribution in [3.8, 4) is 0 Å². The van der Waals surface area contributed by atoms with E-state index < -0.39 is 29.5 Å². The fourth-order valence-corrected chi connectivity index (χ4v) is 2.42. The summed E-state index contributed by atoms with van der Waals surface area (Å²) >= 11 is 5.88. The third-order valence-electron chi connectivity index (χ3n) is 3.37. The summed E-state index contributed by atoms with van der Waals surface area (Å²) in [7, 11) is 0. The predicted octanol–water partition coefficient (Wildman–Crippen LogP) is 2.37. The van der Waals surface area contributed by atoms with E-state index in [-0.39, 0.29) is 18.4 Å². The summed E-state index contributed by atoms with van der Waals surface area (Å²) < 4.78 is 26.4. The van der Waals surface area contributed by atoms with Gasteiger partial charge >= 0.3 is 0 Å². The number of benzene rings is 2. The first-order chi connectivity index (χ1) is 11.3. The van der Waals surface area contributed by atoms with Crippen molar-refractivity contribution < 1.29 is 18.4 Å². The third-order valence-corrected chi connectivity index (χ3v) is 3.61. The summed E-state index contributed by atoms with van der Waals surface area (Å²) in [6, 6.07) is 8.77. The minimum Gasteiger partial charge on any atom is -0.368 e. The summed E-state index contributed by atoms with van der Waals surface area (Å²) in [5, 5.41) is 2.95. The first kappa shape index (κ1) is 17.9. The monoisotopic (exact) mass is 352 g/mol. The average molecular weight is 353 g/mol. The first-order valence-corrected chi connectivity index (χ1v) is 7.50. The maximum atomic E-state index is 13.6. The Morgan fingerprint density at radius 3 is 2.54 bits per heavy atom. The molecule has 0 aliphatic rings. The van der Waals surface area contributed by atoms with Crippen molar-refractivity contribution in [1.82, 2.24) is 5.32 Å². The molecular weight excluding hydrogens is 338 g/mol. The van der Waals surface area contributed by atoms with E-state index in [1.807, 2.05) is 0 Å². The molecule has 126 valence electrons. The van der Waals surface area contributed by atoms with Crippen molar-refractivity contribution >= 4 is 23.4 Å². The number of carbonyl (C=O) groups excluding carboxylic acids is 2. The maximum absolute atomic E-state index is 13.6. The number of nitrogens with one attached hydrogen (secondary N) is 1. The zero-order valence-electron chi connectivity index (χ0n) is 12.6. The molecule has 0 aliphatic carbocycles. The van der Waals surface area contributed by atoms with E-state index in [4.69, 9.17) is 17.3 Å². The summed E-state index contributed by atoms with van der Waals surface area (Å²) in [6.07, 6.45) is -0.168. The Kier molecular flexibility index (Phi) is 5.87. The quantitative estimate of drug-likeness (QED) is 0.837. The van der Waals surface area contributed by atoms with Crippen molar-refractivity contribution in [2.45, 2.75) is 18.9 Å². The Balaban J connectivity index is 2.04. The smallest absolute Gasteiger partial charge is 0.240 e. The lowest BCUT2D eigenvalue weighted by atomic mass is 10.0. The SMILES string of the molecule is NC(=O)[C@@H](Cc1cccc(Cl)c1)NC(=O)Cc1ccc(F)cc1F. The van der Waals surface area contributed by atoms with Crippen molar-refractivity contribution in [3.05, 3.63) is 70.2 Å². The van der Waals surface area contributed by atoms with Crippen LogP contribution in [-0.4, -0.2) is 17.9 Å². The summed E-state index contributed by atoms with van der Waals surface area (Å²) in [5.74, 6) is -2.86. The Bertz CT molecular complexity index is 768. The predicted molar refractivity (Wildman–Crippen MR) is 86.3 cm³/mol. The van der Waals surface area contributed by atoms with Crippen molar-refractivity contribution in [2.75, 3.05) is 0 Å². The Hall–Kier alpha value is -2.47. The number of hydrogen-bond donors (Lipinski definition) is 2. The van der Waals surface area contributed by atoms with Crippen LogP contribution in [0.25, 0.3) is 0 Å². The summed E-state index contributed by atoms with van der Waals surface area (Å²) in [4.78, 5) is 23.6. The molecule has 0 aliphatic heterocycles. The van der Waals surface area contributed by atoms with Gasteiger partial charge in [0.05, 0.1) is 6.42 Å². The molecule has 2 amide bonds. The van der Waals surface area contributed by atoms with E-state index in [0.717, 1.165) is 11.6 Å². The molecule has 0 radical (unpaired) electrons. The lowest BCUT2D eigenvalue weighted by Crippen LogP contribution is -2.46. The normalized spacial score (nSPS) is 11.8. The van der Waals surface area contributed by atoms with Crippen LogP contribution >= 0.6 is 11.6 Å². The highest BCUT2D eigenvalue weighted by Crippen LogP contribution is 2.13. The maximum Gasteiger partial charge on any atom is 0.240 e. The molecule has 4 nitrogen and oxygen atoms in total. The van der Waals surface area contributed by atoms with Gasteiger partial charge in [0, 0.05) is 17.5 Å². The molecule has 0 heterocycles. The van der Waals surface area contributed by atoms with E-state index >= 15 is 0 Å². The molecule has 24 heavy (non-hydrogen) atoms. The fourth-order valence-electron chi connectivity index (χ4n) is 2.21. The van der Waals surface area contributed by atoms with Crippen molar-refractivity contribution in [2.24, 2.45) is 5.73 Å². The van der Waals surface area contributed by atoms with E-state index in [1.54, 1.807) is 24.3 Å². The second kappa shape index (κ2) is 7.88. The van der Waals surface area contributed by atoms with E-state index in [9.17, 15) is 18.4 Å². The summed E-state index contributed by atoms with van der Waals surface area (Å²) in [6.45, 7) is 0. The largest absolute Gasteiger partial charge is 0.368 e. The molecule has 0 bridgehead atoms. The summed E-state index contributed by atoms with van der Waals surface area (Å²) in [5.41, 5.74) is 6.05. The highest BCUT2D eigenvalue weighted by molar-refractivity contribution is 6.30. The molecule has 0 saturated carbocycles. The van der Waals surface area contributed by atoms with Crippen molar-refractivity contribution in [3.63, 3.8) is 0 Å². The van der Waals surface area contributed by atoms with Crippen LogP contribution in [0.15, 0.2) is 42.5 Å². The van der Waals surface area contributed by atoms with Gasteiger partial charge in [-0.05, 0) is 29.3 Å². The Morgan fingerprint density at radius 1 is 1.17 bits per heavy atom. The lowest BCUT2D eigenvalue weighted by molar-refractivity contribution is -0.127. The minimum atomic E-state index is -0.959. The van der Waals surface area contributed by atoms with Crippen LogP contribution in [0.5, 0.6) is 0 Å². The number of carbonyl (C=O) groups is 2.